The molecule has 3 rings (SSSR count). The zero-order chi connectivity index (χ0) is 18.4. The van der Waals surface area contributed by atoms with Gasteiger partial charge in [-0.3, -0.25) is 9.48 Å². The van der Waals surface area contributed by atoms with Crippen molar-refractivity contribution in [2.75, 3.05) is 6.54 Å². The molecular weight excluding hydrogens is 326 g/mol. The fourth-order valence-corrected chi connectivity index (χ4v) is 2.72. The van der Waals surface area contributed by atoms with Crippen molar-refractivity contribution in [2.24, 2.45) is 0 Å². The van der Waals surface area contributed by atoms with E-state index in [9.17, 15) is 4.79 Å². The van der Waals surface area contributed by atoms with Crippen molar-refractivity contribution in [1.29, 1.82) is 0 Å². The fraction of sp³-hybridized carbons (Fsp3) is 0.250. The van der Waals surface area contributed by atoms with Crippen LogP contribution < -0.4 is 5.32 Å². The first-order valence-corrected chi connectivity index (χ1v) is 8.69. The Morgan fingerprint density at radius 1 is 1.23 bits per heavy atom. The highest BCUT2D eigenvalue weighted by Crippen LogP contribution is 2.08. The topological polar surface area (TPSA) is 64.7 Å². The van der Waals surface area contributed by atoms with Gasteiger partial charge in [0.15, 0.2) is 0 Å². The molecule has 1 amide bonds. The molecule has 0 spiro atoms. The van der Waals surface area contributed by atoms with Crippen molar-refractivity contribution in [2.45, 2.75) is 26.8 Å². The van der Waals surface area contributed by atoms with E-state index in [1.807, 2.05) is 55.1 Å². The number of para-hydroxylation sites is 1. The van der Waals surface area contributed by atoms with E-state index in [-0.39, 0.29) is 5.91 Å². The number of amides is 1. The number of aryl methyl sites for hydroxylation is 3. The van der Waals surface area contributed by atoms with E-state index in [2.05, 4.69) is 21.6 Å². The molecule has 2 heterocycles. The van der Waals surface area contributed by atoms with Crippen molar-refractivity contribution in [3.63, 3.8) is 0 Å². The maximum absolute atomic E-state index is 11.9. The Labute approximate surface area is 153 Å². The molecule has 1 N–H and O–H groups in total. The highest BCUT2D eigenvalue weighted by Gasteiger charge is 2.02. The van der Waals surface area contributed by atoms with Gasteiger partial charge in [0.1, 0.15) is 0 Å². The van der Waals surface area contributed by atoms with Gasteiger partial charge in [0.2, 0.25) is 5.91 Å². The van der Waals surface area contributed by atoms with E-state index in [1.165, 1.54) is 6.08 Å². The molecule has 0 aliphatic rings. The van der Waals surface area contributed by atoms with Gasteiger partial charge in [-0.15, -0.1) is 0 Å². The van der Waals surface area contributed by atoms with Crippen LogP contribution in [-0.4, -0.2) is 32.0 Å². The smallest absolute Gasteiger partial charge is 0.244 e. The van der Waals surface area contributed by atoms with Crippen LogP contribution in [-0.2, 0) is 11.3 Å². The second-order valence-corrected chi connectivity index (χ2v) is 6.18. The minimum atomic E-state index is -0.106. The third-order valence-corrected chi connectivity index (χ3v) is 4.00. The number of carbonyl (C=O) groups is 1. The van der Waals surface area contributed by atoms with Crippen LogP contribution in [0.15, 0.2) is 54.9 Å². The molecule has 0 bridgehead atoms. The normalized spacial score (nSPS) is 11.2. The Hall–Kier alpha value is -3.15. The van der Waals surface area contributed by atoms with E-state index in [0.29, 0.717) is 6.54 Å². The Balaban J connectivity index is 1.45. The largest absolute Gasteiger partial charge is 0.352 e. The zero-order valence-corrected chi connectivity index (χ0v) is 15.1. The number of benzene rings is 1. The molecular formula is C20H23N5O. The maximum Gasteiger partial charge on any atom is 0.244 e. The second-order valence-electron chi connectivity index (χ2n) is 6.18. The number of nitrogens with one attached hydrogen (secondary N) is 1. The lowest BCUT2D eigenvalue weighted by atomic mass is 10.3. The maximum atomic E-state index is 11.9. The molecule has 0 saturated heterocycles. The predicted octanol–water partition coefficient (Wildman–Crippen LogP) is 2.91. The number of rotatable bonds is 7. The van der Waals surface area contributed by atoms with Gasteiger partial charge in [-0.25, -0.2) is 4.68 Å². The van der Waals surface area contributed by atoms with Crippen molar-refractivity contribution < 1.29 is 4.79 Å². The standard InChI is InChI=1S/C20H23N5O/c1-16-13-17(2)24(23-16)12-6-11-21-20(26)10-9-18-14-22-25(15-18)19-7-4-3-5-8-19/h3-5,7-10,13-15H,6,11-12H2,1-2H3,(H,21,26). The van der Waals surface area contributed by atoms with Crippen LogP contribution in [0.25, 0.3) is 11.8 Å². The molecule has 0 fully saturated rings. The quantitative estimate of drug-likeness (QED) is 0.527. The first-order valence-electron chi connectivity index (χ1n) is 8.69. The third kappa shape index (κ3) is 4.69. The highest BCUT2D eigenvalue weighted by atomic mass is 16.1. The first kappa shape index (κ1) is 17.7. The summed E-state index contributed by atoms with van der Waals surface area (Å²) in [6, 6.07) is 11.9. The van der Waals surface area contributed by atoms with Gasteiger partial charge in [-0.1, -0.05) is 18.2 Å². The number of nitrogens with zero attached hydrogens (tertiary/aromatic N) is 4. The lowest BCUT2D eigenvalue weighted by molar-refractivity contribution is -0.116. The molecule has 6 heteroatoms. The van der Waals surface area contributed by atoms with Gasteiger partial charge in [-0.2, -0.15) is 10.2 Å². The van der Waals surface area contributed by atoms with Crippen LogP contribution in [0.3, 0.4) is 0 Å². The van der Waals surface area contributed by atoms with Crippen LogP contribution >= 0.6 is 0 Å². The summed E-state index contributed by atoms with van der Waals surface area (Å²) in [6.45, 7) is 5.44. The summed E-state index contributed by atoms with van der Waals surface area (Å²) in [5, 5.41) is 11.6. The van der Waals surface area contributed by atoms with Crippen LogP contribution in [0.1, 0.15) is 23.4 Å². The zero-order valence-electron chi connectivity index (χ0n) is 15.1. The van der Waals surface area contributed by atoms with Crippen LogP contribution in [0.2, 0.25) is 0 Å². The molecule has 0 aliphatic carbocycles. The van der Waals surface area contributed by atoms with E-state index in [0.717, 1.165) is 35.6 Å². The van der Waals surface area contributed by atoms with E-state index in [4.69, 9.17) is 0 Å². The van der Waals surface area contributed by atoms with Crippen molar-refractivity contribution in [3.05, 3.63) is 71.8 Å². The molecule has 26 heavy (non-hydrogen) atoms. The Bertz CT molecular complexity index is 892. The minimum absolute atomic E-state index is 0.106. The summed E-state index contributed by atoms with van der Waals surface area (Å²) < 4.78 is 3.75. The molecule has 0 unspecified atom stereocenters. The van der Waals surface area contributed by atoms with Gasteiger partial charge in [0.05, 0.1) is 17.6 Å². The SMILES string of the molecule is Cc1cc(C)n(CCCNC(=O)C=Cc2cnn(-c3ccccc3)c2)n1. The number of aromatic nitrogens is 4. The third-order valence-electron chi connectivity index (χ3n) is 4.00. The van der Waals surface area contributed by atoms with Gasteiger partial charge in [-0.05, 0) is 44.5 Å². The number of hydrogen-bond donors (Lipinski definition) is 1. The molecule has 134 valence electrons. The first-order chi connectivity index (χ1) is 12.6. The van der Waals surface area contributed by atoms with Gasteiger partial charge in [0, 0.05) is 36.6 Å². The van der Waals surface area contributed by atoms with E-state index >= 15 is 0 Å². The second kappa shape index (κ2) is 8.29. The van der Waals surface area contributed by atoms with Gasteiger partial charge in [0.25, 0.3) is 0 Å². The molecule has 1 aromatic carbocycles. The average molecular weight is 349 g/mol. The summed E-state index contributed by atoms with van der Waals surface area (Å²) in [5.41, 5.74) is 4.03. The fourth-order valence-electron chi connectivity index (χ4n) is 2.72. The van der Waals surface area contributed by atoms with Crippen molar-refractivity contribution in [1.82, 2.24) is 24.9 Å². The average Bonchev–Trinajstić information content (AvgIpc) is 3.24. The van der Waals surface area contributed by atoms with Crippen LogP contribution in [0.5, 0.6) is 0 Å². The lowest BCUT2D eigenvalue weighted by Gasteiger charge is -2.05. The predicted molar refractivity (Wildman–Crippen MR) is 102 cm³/mol. The molecule has 0 atom stereocenters. The molecule has 0 radical (unpaired) electrons. The monoisotopic (exact) mass is 349 g/mol. The summed E-state index contributed by atoms with van der Waals surface area (Å²) >= 11 is 0. The summed E-state index contributed by atoms with van der Waals surface area (Å²) in [6.07, 6.45) is 7.77. The van der Waals surface area contributed by atoms with E-state index in [1.54, 1.807) is 17.0 Å². The summed E-state index contributed by atoms with van der Waals surface area (Å²) in [4.78, 5) is 11.9. The Morgan fingerprint density at radius 3 is 2.77 bits per heavy atom. The summed E-state index contributed by atoms with van der Waals surface area (Å²) in [7, 11) is 0. The molecule has 2 aromatic heterocycles. The number of carbonyl (C=O) groups excluding carboxylic acids is 1. The van der Waals surface area contributed by atoms with E-state index < -0.39 is 0 Å². The Kier molecular flexibility index (Phi) is 5.63. The van der Waals surface area contributed by atoms with Crippen LogP contribution in [0, 0.1) is 13.8 Å². The number of hydrogen-bond acceptors (Lipinski definition) is 3. The molecule has 0 saturated carbocycles. The Morgan fingerprint density at radius 2 is 2.04 bits per heavy atom. The van der Waals surface area contributed by atoms with Crippen molar-refractivity contribution in [3.8, 4) is 5.69 Å². The van der Waals surface area contributed by atoms with Gasteiger partial charge < -0.3 is 5.32 Å². The van der Waals surface area contributed by atoms with Gasteiger partial charge >= 0.3 is 0 Å². The minimum Gasteiger partial charge on any atom is -0.352 e. The molecule has 3 aromatic rings. The van der Waals surface area contributed by atoms with Crippen LogP contribution in [0.4, 0.5) is 0 Å². The molecule has 0 aliphatic heterocycles. The lowest BCUT2D eigenvalue weighted by Crippen LogP contribution is -2.23. The highest BCUT2D eigenvalue weighted by molar-refractivity contribution is 5.91. The van der Waals surface area contributed by atoms with Crippen molar-refractivity contribution >= 4 is 12.0 Å². The molecule has 6 nitrogen and oxygen atoms in total. The summed E-state index contributed by atoms with van der Waals surface area (Å²) in [5.74, 6) is -0.106.